The summed E-state index contributed by atoms with van der Waals surface area (Å²) >= 11 is 5.99. The molecule has 1 amide bonds. The fourth-order valence-corrected chi connectivity index (χ4v) is 4.43. The van der Waals surface area contributed by atoms with E-state index in [9.17, 15) is 13.2 Å². The summed E-state index contributed by atoms with van der Waals surface area (Å²) in [7, 11) is -3.64. The number of sulfonamides is 1. The van der Waals surface area contributed by atoms with Crippen molar-refractivity contribution in [2.45, 2.75) is 19.4 Å². The largest absolute Gasteiger partial charge is 0.347 e. The monoisotopic (exact) mass is 456 g/mol. The van der Waals surface area contributed by atoms with E-state index in [0.29, 0.717) is 17.1 Å². The van der Waals surface area contributed by atoms with Crippen LogP contribution in [-0.2, 0) is 21.2 Å². The quantitative estimate of drug-likeness (QED) is 0.542. The lowest BCUT2D eigenvalue weighted by atomic mass is 9.99. The van der Waals surface area contributed by atoms with Crippen LogP contribution in [0.1, 0.15) is 22.7 Å². The first-order valence-electron chi connectivity index (χ1n) is 9.86. The number of rotatable bonds is 8. The van der Waals surface area contributed by atoms with Crippen LogP contribution in [0.25, 0.3) is 0 Å². The van der Waals surface area contributed by atoms with E-state index in [1.165, 1.54) is 0 Å². The van der Waals surface area contributed by atoms with Crippen molar-refractivity contribution in [3.63, 3.8) is 0 Å². The van der Waals surface area contributed by atoms with Gasteiger partial charge in [-0.15, -0.1) is 0 Å². The third-order valence-electron chi connectivity index (χ3n) is 4.96. The van der Waals surface area contributed by atoms with E-state index in [-0.39, 0.29) is 18.5 Å². The maximum atomic E-state index is 13.0. The van der Waals surface area contributed by atoms with Gasteiger partial charge in [0.25, 0.3) is 0 Å². The maximum absolute atomic E-state index is 13.0. The summed E-state index contributed by atoms with van der Waals surface area (Å²) in [5.41, 5.74) is 3.22. The molecule has 0 aliphatic rings. The highest BCUT2D eigenvalue weighted by Crippen LogP contribution is 2.23. The number of hydrogen-bond donors (Lipinski definition) is 1. The van der Waals surface area contributed by atoms with Crippen LogP contribution in [0, 0.1) is 6.92 Å². The predicted octanol–water partition coefficient (Wildman–Crippen LogP) is 4.51. The minimum absolute atomic E-state index is 0.298. The minimum Gasteiger partial charge on any atom is -0.347 e. The van der Waals surface area contributed by atoms with Crippen LogP contribution < -0.4 is 9.62 Å². The highest BCUT2D eigenvalue weighted by molar-refractivity contribution is 7.92. The van der Waals surface area contributed by atoms with Crippen molar-refractivity contribution in [2.75, 3.05) is 17.1 Å². The van der Waals surface area contributed by atoms with Crippen molar-refractivity contribution in [2.24, 2.45) is 0 Å². The molecule has 0 heterocycles. The number of carbonyl (C=O) groups is 1. The highest BCUT2D eigenvalue weighted by atomic mass is 35.5. The second kappa shape index (κ2) is 9.98. The summed E-state index contributed by atoms with van der Waals surface area (Å²) < 4.78 is 26.0. The molecule has 1 atom stereocenters. The number of hydrogen-bond acceptors (Lipinski definition) is 3. The van der Waals surface area contributed by atoms with E-state index in [1.54, 1.807) is 12.1 Å². The normalized spacial score (nSPS) is 12.2. The van der Waals surface area contributed by atoms with Crippen molar-refractivity contribution < 1.29 is 13.2 Å². The van der Waals surface area contributed by atoms with E-state index in [1.807, 2.05) is 73.7 Å². The van der Waals surface area contributed by atoms with Crippen LogP contribution in [0.15, 0.2) is 78.9 Å². The van der Waals surface area contributed by atoms with Crippen LogP contribution in [-0.4, -0.2) is 27.1 Å². The molecule has 0 radical (unpaired) electrons. The number of aryl methyl sites for hydroxylation is 1. The Morgan fingerprint density at radius 3 is 2.19 bits per heavy atom. The summed E-state index contributed by atoms with van der Waals surface area (Å²) in [5.74, 6) is -0.378. The van der Waals surface area contributed by atoms with Gasteiger partial charge in [0, 0.05) is 5.02 Å². The van der Waals surface area contributed by atoms with Crippen molar-refractivity contribution >= 4 is 33.2 Å². The minimum atomic E-state index is -3.64. The van der Waals surface area contributed by atoms with Crippen molar-refractivity contribution in [1.82, 2.24) is 5.32 Å². The lowest BCUT2D eigenvalue weighted by Crippen LogP contribution is -2.42. The molecule has 1 N–H and O–H groups in total. The van der Waals surface area contributed by atoms with Crippen LogP contribution in [0.4, 0.5) is 5.69 Å². The first-order valence-corrected chi connectivity index (χ1v) is 12.1. The number of nitrogens with one attached hydrogen (secondary N) is 1. The summed E-state index contributed by atoms with van der Waals surface area (Å²) in [5, 5.41) is 3.65. The Morgan fingerprint density at radius 2 is 1.58 bits per heavy atom. The van der Waals surface area contributed by atoms with Gasteiger partial charge < -0.3 is 5.32 Å². The number of benzene rings is 3. The number of carbonyl (C=O) groups excluding carboxylic acids is 1. The second-order valence-corrected chi connectivity index (χ2v) is 9.76. The van der Waals surface area contributed by atoms with E-state index in [2.05, 4.69) is 5.32 Å². The van der Waals surface area contributed by atoms with Gasteiger partial charge >= 0.3 is 0 Å². The standard InChI is InChI=1S/C24H25ClN2O3S/c1-18-8-6-7-11-23(18)27(31(2,29)30)17-24(28)26-22(20-9-4-3-5-10-20)16-19-12-14-21(25)15-13-19/h3-15,22H,16-17H2,1-2H3,(H,26,28). The Balaban J connectivity index is 1.83. The average Bonchev–Trinajstić information content (AvgIpc) is 2.74. The van der Waals surface area contributed by atoms with Crippen LogP contribution >= 0.6 is 11.6 Å². The molecular formula is C24H25ClN2O3S. The number of amides is 1. The summed E-state index contributed by atoms with van der Waals surface area (Å²) in [6, 6.07) is 23.9. The molecule has 0 aliphatic carbocycles. The molecule has 1 unspecified atom stereocenters. The fraction of sp³-hybridized carbons (Fsp3) is 0.208. The van der Waals surface area contributed by atoms with Gasteiger partial charge in [-0.05, 0) is 48.2 Å². The lowest BCUT2D eigenvalue weighted by Gasteiger charge is -2.25. The van der Waals surface area contributed by atoms with Crippen LogP contribution in [0.5, 0.6) is 0 Å². The molecule has 0 spiro atoms. The van der Waals surface area contributed by atoms with E-state index >= 15 is 0 Å². The average molecular weight is 457 g/mol. The van der Waals surface area contributed by atoms with Gasteiger partial charge in [-0.3, -0.25) is 9.10 Å². The Labute approximate surface area is 188 Å². The first-order chi connectivity index (χ1) is 14.7. The Kier molecular flexibility index (Phi) is 7.36. The molecule has 3 aromatic carbocycles. The van der Waals surface area contributed by atoms with Gasteiger partial charge in [0.05, 0.1) is 18.0 Å². The number of anilines is 1. The van der Waals surface area contributed by atoms with Gasteiger partial charge in [-0.1, -0.05) is 72.3 Å². The SMILES string of the molecule is Cc1ccccc1N(CC(=O)NC(Cc1ccc(Cl)cc1)c1ccccc1)S(C)(=O)=O. The molecule has 0 saturated heterocycles. The molecule has 0 aromatic heterocycles. The van der Waals surface area contributed by atoms with E-state index < -0.39 is 10.0 Å². The Hall–Kier alpha value is -2.83. The molecule has 7 heteroatoms. The van der Waals surface area contributed by atoms with Crippen molar-refractivity contribution in [1.29, 1.82) is 0 Å². The number of nitrogens with zero attached hydrogens (tertiary/aromatic N) is 1. The first kappa shape index (κ1) is 22.8. The molecule has 0 saturated carbocycles. The summed E-state index contributed by atoms with van der Waals surface area (Å²) in [4.78, 5) is 13.0. The van der Waals surface area contributed by atoms with Gasteiger partial charge in [0.15, 0.2) is 0 Å². The summed E-state index contributed by atoms with van der Waals surface area (Å²) in [6.45, 7) is 1.52. The van der Waals surface area contributed by atoms with Crippen molar-refractivity contribution in [3.8, 4) is 0 Å². The molecule has 162 valence electrons. The second-order valence-electron chi connectivity index (χ2n) is 7.42. The Bertz CT molecular complexity index is 1130. The summed E-state index contributed by atoms with van der Waals surface area (Å²) in [6.07, 6.45) is 1.66. The molecule has 3 rings (SSSR count). The molecule has 0 bridgehead atoms. The van der Waals surface area contributed by atoms with Crippen LogP contribution in [0.2, 0.25) is 5.02 Å². The zero-order chi connectivity index (χ0) is 22.4. The Morgan fingerprint density at radius 1 is 0.968 bits per heavy atom. The molecule has 0 fully saturated rings. The van der Waals surface area contributed by atoms with E-state index in [4.69, 9.17) is 11.6 Å². The maximum Gasteiger partial charge on any atom is 0.241 e. The molecular weight excluding hydrogens is 432 g/mol. The fourth-order valence-electron chi connectivity index (χ4n) is 3.39. The molecule has 3 aromatic rings. The predicted molar refractivity (Wildman–Crippen MR) is 126 cm³/mol. The molecule has 5 nitrogen and oxygen atoms in total. The number of halogens is 1. The number of para-hydroxylation sites is 1. The van der Waals surface area contributed by atoms with Gasteiger partial charge in [-0.25, -0.2) is 8.42 Å². The third kappa shape index (κ3) is 6.32. The van der Waals surface area contributed by atoms with E-state index in [0.717, 1.165) is 27.3 Å². The smallest absolute Gasteiger partial charge is 0.241 e. The van der Waals surface area contributed by atoms with Crippen molar-refractivity contribution in [3.05, 3.63) is 101 Å². The zero-order valence-corrected chi connectivity index (χ0v) is 19.0. The zero-order valence-electron chi connectivity index (χ0n) is 17.5. The van der Waals surface area contributed by atoms with Gasteiger partial charge in [-0.2, -0.15) is 0 Å². The molecule has 0 aliphatic heterocycles. The lowest BCUT2D eigenvalue weighted by molar-refractivity contribution is -0.120. The molecule has 31 heavy (non-hydrogen) atoms. The van der Waals surface area contributed by atoms with Gasteiger partial charge in [0.1, 0.15) is 6.54 Å². The highest BCUT2D eigenvalue weighted by Gasteiger charge is 2.24. The van der Waals surface area contributed by atoms with Crippen LogP contribution in [0.3, 0.4) is 0 Å². The topological polar surface area (TPSA) is 66.5 Å². The third-order valence-corrected chi connectivity index (χ3v) is 6.34. The van der Waals surface area contributed by atoms with Gasteiger partial charge in [0.2, 0.25) is 15.9 Å².